The maximum Gasteiger partial charge on any atom is 0.0466 e. The van der Waals surface area contributed by atoms with Gasteiger partial charge < -0.3 is 4.74 Å². The second kappa shape index (κ2) is 23.0. The highest BCUT2D eigenvalue weighted by atomic mass is 16.5. The van der Waals surface area contributed by atoms with E-state index in [1.165, 1.54) is 122 Å². The summed E-state index contributed by atoms with van der Waals surface area (Å²) in [4.78, 5) is 0. The fourth-order valence-electron chi connectivity index (χ4n) is 3.28. The lowest BCUT2D eigenvalue weighted by Crippen LogP contribution is -1.96. The fourth-order valence-corrected chi connectivity index (χ4v) is 3.28. The molecule has 0 saturated carbocycles. The molecule has 0 rings (SSSR count). The van der Waals surface area contributed by atoms with Gasteiger partial charge in [-0.25, -0.2) is 0 Å². The molecular formula is C23H48O. The van der Waals surface area contributed by atoms with Crippen molar-refractivity contribution in [1.29, 1.82) is 0 Å². The van der Waals surface area contributed by atoms with Gasteiger partial charge in [0.15, 0.2) is 0 Å². The van der Waals surface area contributed by atoms with Crippen molar-refractivity contribution < 1.29 is 4.74 Å². The molecule has 1 heteroatoms. The molecule has 0 spiro atoms. The van der Waals surface area contributed by atoms with E-state index in [0.717, 1.165) is 13.2 Å². The van der Waals surface area contributed by atoms with Crippen molar-refractivity contribution in [2.75, 3.05) is 13.2 Å². The molecule has 0 N–H and O–H groups in total. The third-order valence-corrected chi connectivity index (χ3v) is 5.03. The minimum atomic E-state index is 0.968. The minimum absolute atomic E-state index is 0.968. The number of rotatable bonds is 21. The van der Waals surface area contributed by atoms with Gasteiger partial charge in [0, 0.05) is 13.2 Å². The van der Waals surface area contributed by atoms with E-state index < -0.39 is 0 Å². The molecule has 0 fully saturated rings. The van der Waals surface area contributed by atoms with Crippen LogP contribution in [0.3, 0.4) is 0 Å². The zero-order valence-electron chi connectivity index (χ0n) is 17.3. The molecule has 1 nitrogen and oxygen atoms in total. The monoisotopic (exact) mass is 340 g/mol. The maximum absolute atomic E-state index is 5.60. The Bertz CT molecular complexity index is 180. The van der Waals surface area contributed by atoms with Crippen molar-refractivity contribution in [3.8, 4) is 0 Å². The molecule has 146 valence electrons. The summed E-state index contributed by atoms with van der Waals surface area (Å²) in [5.41, 5.74) is 0. The molecule has 24 heavy (non-hydrogen) atoms. The average Bonchev–Trinajstić information content (AvgIpc) is 2.60. The third-order valence-electron chi connectivity index (χ3n) is 5.03. The fraction of sp³-hybridized carbons (Fsp3) is 1.00. The van der Waals surface area contributed by atoms with Crippen molar-refractivity contribution >= 4 is 0 Å². The molecule has 0 radical (unpaired) electrons. The molecule has 0 aromatic carbocycles. The summed E-state index contributed by atoms with van der Waals surface area (Å²) >= 11 is 0. The first kappa shape index (κ1) is 24.0. The van der Waals surface area contributed by atoms with Crippen LogP contribution in [0.4, 0.5) is 0 Å². The highest BCUT2D eigenvalue weighted by Crippen LogP contribution is 2.14. The average molecular weight is 341 g/mol. The zero-order chi connectivity index (χ0) is 17.6. The lowest BCUT2D eigenvalue weighted by Gasteiger charge is -2.04. The third kappa shape index (κ3) is 22.0. The van der Waals surface area contributed by atoms with Crippen molar-refractivity contribution in [2.24, 2.45) is 0 Å². The number of unbranched alkanes of at least 4 members (excludes halogenated alkanes) is 17. The molecule has 0 aliphatic rings. The van der Waals surface area contributed by atoms with Crippen LogP contribution >= 0.6 is 0 Å². The maximum atomic E-state index is 5.60. The van der Waals surface area contributed by atoms with Crippen LogP contribution in [0.5, 0.6) is 0 Å². The van der Waals surface area contributed by atoms with Crippen LogP contribution in [0.1, 0.15) is 136 Å². The van der Waals surface area contributed by atoms with Crippen LogP contribution < -0.4 is 0 Å². The molecule has 0 aromatic heterocycles. The van der Waals surface area contributed by atoms with Crippen LogP contribution in [-0.2, 0) is 4.74 Å². The number of hydrogen-bond donors (Lipinski definition) is 0. The molecule has 0 atom stereocenters. The quantitative estimate of drug-likeness (QED) is 0.190. The summed E-state index contributed by atoms with van der Waals surface area (Å²) in [6.45, 7) is 6.47. The Labute approximate surface area is 154 Å². The molecule has 0 saturated heterocycles. The Balaban J connectivity index is 2.93. The van der Waals surface area contributed by atoms with Crippen LogP contribution in [0, 0.1) is 0 Å². The first-order valence-corrected chi connectivity index (χ1v) is 11.5. The predicted molar refractivity (Wildman–Crippen MR) is 110 cm³/mol. The Morgan fingerprint density at radius 1 is 0.333 bits per heavy atom. The first-order chi connectivity index (χ1) is 11.9. The van der Waals surface area contributed by atoms with Crippen LogP contribution in [-0.4, -0.2) is 13.2 Å². The molecule has 0 bridgehead atoms. The second-order valence-corrected chi connectivity index (χ2v) is 7.62. The van der Waals surface area contributed by atoms with Gasteiger partial charge in [-0.2, -0.15) is 0 Å². The van der Waals surface area contributed by atoms with Gasteiger partial charge in [-0.3, -0.25) is 0 Å². The molecule has 0 unspecified atom stereocenters. The van der Waals surface area contributed by atoms with Gasteiger partial charge in [0.1, 0.15) is 0 Å². The first-order valence-electron chi connectivity index (χ1n) is 11.5. The van der Waals surface area contributed by atoms with E-state index >= 15 is 0 Å². The highest BCUT2D eigenvalue weighted by Gasteiger charge is 1.95. The van der Waals surface area contributed by atoms with Gasteiger partial charge in [-0.15, -0.1) is 0 Å². The molecule has 0 amide bonds. The van der Waals surface area contributed by atoms with Crippen LogP contribution in [0.25, 0.3) is 0 Å². The smallest absolute Gasteiger partial charge is 0.0466 e. The van der Waals surface area contributed by atoms with Crippen molar-refractivity contribution in [1.82, 2.24) is 0 Å². The molecule has 0 aliphatic heterocycles. The molecule has 0 heterocycles. The Morgan fingerprint density at radius 3 is 1.00 bits per heavy atom. The van der Waals surface area contributed by atoms with E-state index in [1.807, 2.05) is 0 Å². The second-order valence-electron chi connectivity index (χ2n) is 7.62. The number of ether oxygens (including phenoxy) is 1. The normalized spacial score (nSPS) is 11.2. The number of hydrogen-bond acceptors (Lipinski definition) is 1. The van der Waals surface area contributed by atoms with E-state index in [2.05, 4.69) is 13.8 Å². The van der Waals surface area contributed by atoms with Gasteiger partial charge in [0.25, 0.3) is 0 Å². The van der Waals surface area contributed by atoms with Gasteiger partial charge in [0.2, 0.25) is 0 Å². The van der Waals surface area contributed by atoms with Crippen molar-refractivity contribution in [2.45, 2.75) is 136 Å². The summed E-state index contributed by atoms with van der Waals surface area (Å²) in [5.74, 6) is 0. The van der Waals surface area contributed by atoms with E-state index in [1.54, 1.807) is 0 Å². The van der Waals surface area contributed by atoms with Crippen LogP contribution in [0.15, 0.2) is 0 Å². The van der Waals surface area contributed by atoms with Crippen LogP contribution in [0.2, 0.25) is 0 Å². The summed E-state index contributed by atoms with van der Waals surface area (Å²) in [6, 6.07) is 0. The van der Waals surface area contributed by atoms with Gasteiger partial charge >= 0.3 is 0 Å². The lowest BCUT2D eigenvalue weighted by molar-refractivity contribution is 0.127. The summed E-state index contributed by atoms with van der Waals surface area (Å²) < 4.78 is 5.60. The molecular weight excluding hydrogens is 292 g/mol. The Morgan fingerprint density at radius 2 is 0.625 bits per heavy atom. The van der Waals surface area contributed by atoms with Crippen molar-refractivity contribution in [3.63, 3.8) is 0 Å². The van der Waals surface area contributed by atoms with Gasteiger partial charge in [0.05, 0.1) is 0 Å². The topological polar surface area (TPSA) is 9.23 Å². The van der Waals surface area contributed by atoms with E-state index in [0.29, 0.717) is 0 Å². The minimum Gasteiger partial charge on any atom is -0.381 e. The van der Waals surface area contributed by atoms with E-state index in [4.69, 9.17) is 4.74 Å². The predicted octanol–water partition coefficient (Wildman–Crippen LogP) is 8.45. The van der Waals surface area contributed by atoms with Gasteiger partial charge in [-0.1, -0.05) is 123 Å². The Hall–Kier alpha value is -0.0400. The van der Waals surface area contributed by atoms with Crippen molar-refractivity contribution in [3.05, 3.63) is 0 Å². The van der Waals surface area contributed by atoms with E-state index in [9.17, 15) is 0 Å². The zero-order valence-corrected chi connectivity index (χ0v) is 17.3. The molecule has 0 aromatic rings. The summed E-state index contributed by atoms with van der Waals surface area (Å²) in [5, 5.41) is 0. The largest absolute Gasteiger partial charge is 0.381 e. The van der Waals surface area contributed by atoms with E-state index in [-0.39, 0.29) is 0 Å². The molecule has 0 aliphatic carbocycles. The van der Waals surface area contributed by atoms with Gasteiger partial charge in [-0.05, 0) is 12.8 Å². The summed E-state index contributed by atoms with van der Waals surface area (Å²) in [7, 11) is 0. The standard InChI is InChI=1S/C23H48O/c1-3-5-7-8-9-10-11-12-13-14-15-16-17-18-19-20-21-23-24-22-6-4-2/h3-23H2,1-2H3. The highest BCUT2D eigenvalue weighted by molar-refractivity contribution is 4.50. The SMILES string of the molecule is CCCCCCCCCCCCCCCCCCCOCCCC. The summed E-state index contributed by atoms with van der Waals surface area (Å²) in [6.07, 6.45) is 26.9. The Kier molecular flexibility index (Phi) is 22.9. The lowest BCUT2D eigenvalue weighted by atomic mass is 10.0.